The molecule has 3 rings (SSSR count). The summed E-state index contributed by atoms with van der Waals surface area (Å²) in [5, 5.41) is 2.76. The zero-order chi connectivity index (χ0) is 23.8. The van der Waals surface area contributed by atoms with Gasteiger partial charge in [0, 0.05) is 17.5 Å². The highest BCUT2D eigenvalue weighted by Gasteiger charge is 2.26. The highest BCUT2D eigenvalue weighted by molar-refractivity contribution is 5.99. The number of ketones is 1. The van der Waals surface area contributed by atoms with Gasteiger partial charge < -0.3 is 14.8 Å². The summed E-state index contributed by atoms with van der Waals surface area (Å²) in [5.41, 5.74) is 2.15. The van der Waals surface area contributed by atoms with Crippen LogP contribution in [0.15, 0.2) is 72.8 Å². The Labute approximate surface area is 191 Å². The van der Waals surface area contributed by atoms with Gasteiger partial charge in [-0.25, -0.2) is 4.39 Å². The predicted octanol–water partition coefficient (Wildman–Crippen LogP) is 5.03. The summed E-state index contributed by atoms with van der Waals surface area (Å²) in [7, 11) is 1.49. The molecule has 170 valence electrons. The van der Waals surface area contributed by atoms with Crippen LogP contribution >= 0.6 is 0 Å². The fourth-order valence-electron chi connectivity index (χ4n) is 3.20. The number of methoxy groups -OCH3 is 1. The van der Waals surface area contributed by atoms with Gasteiger partial charge in [-0.15, -0.1) is 0 Å². The van der Waals surface area contributed by atoms with Crippen LogP contribution in [0.1, 0.15) is 40.4 Å². The van der Waals surface area contributed by atoms with Gasteiger partial charge in [-0.3, -0.25) is 14.4 Å². The number of nitrogens with one attached hydrogen (secondary N) is 1. The zero-order valence-electron chi connectivity index (χ0n) is 18.3. The molecule has 1 atom stereocenters. The number of benzene rings is 3. The third-order valence-corrected chi connectivity index (χ3v) is 4.92. The third-order valence-electron chi connectivity index (χ3n) is 4.92. The van der Waals surface area contributed by atoms with E-state index in [1.165, 1.54) is 31.4 Å². The lowest BCUT2D eigenvalue weighted by Gasteiger charge is -2.19. The summed E-state index contributed by atoms with van der Waals surface area (Å²) >= 11 is 0. The lowest BCUT2D eigenvalue weighted by Crippen LogP contribution is -2.26. The molecule has 0 saturated heterocycles. The second-order valence-electron chi connectivity index (χ2n) is 7.40. The molecule has 0 unspecified atom stereocenters. The Morgan fingerprint density at radius 3 is 2.30 bits per heavy atom. The van der Waals surface area contributed by atoms with E-state index in [0.29, 0.717) is 22.6 Å². The summed E-state index contributed by atoms with van der Waals surface area (Å²) in [6.45, 7) is 1.88. The molecule has 0 aliphatic carbocycles. The first-order valence-electron chi connectivity index (χ1n) is 10.4. The van der Waals surface area contributed by atoms with E-state index in [0.717, 1.165) is 5.56 Å². The average molecular weight is 449 g/mol. The molecule has 0 aliphatic rings. The van der Waals surface area contributed by atoms with E-state index in [1.807, 2.05) is 13.0 Å². The summed E-state index contributed by atoms with van der Waals surface area (Å²) in [5.74, 6) is -1.56. The van der Waals surface area contributed by atoms with E-state index < -0.39 is 23.8 Å². The number of anilines is 1. The molecule has 3 aromatic carbocycles. The van der Waals surface area contributed by atoms with Crippen LogP contribution in [0.3, 0.4) is 0 Å². The van der Waals surface area contributed by atoms with E-state index in [1.54, 1.807) is 42.5 Å². The maximum absolute atomic E-state index is 13.1. The first kappa shape index (κ1) is 23.7. The van der Waals surface area contributed by atoms with Crippen LogP contribution < -0.4 is 10.1 Å². The van der Waals surface area contributed by atoms with Gasteiger partial charge in [0.25, 0.3) is 5.91 Å². The molecule has 1 N–H and O–H groups in total. The molecule has 1 amide bonds. The van der Waals surface area contributed by atoms with E-state index in [2.05, 4.69) is 5.32 Å². The SMILES string of the molecule is COc1ccc(C)cc1NC(=O)[C@@H](OC(=O)CCC(=O)c1ccc(F)cc1)c1ccccc1. The van der Waals surface area contributed by atoms with Crippen molar-refractivity contribution in [1.82, 2.24) is 0 Å². The molecule has 0 saturated carbocycles. The fraction of sp³-hybridized carbons (Fsp3) is 0.192. The van der Waals surface area contributed by atoms with Gasteiger partial charge >= 0.3 is 5.97 Å². The number of Topliss-reactive ketones (excluding diaryl/α,β-unsaturated/α-hetero) is 1. The maximum Gasteiger partial charge on any atom is 0.307 e. The first-order valence-corrected chi connectivity index (χ1v) is 10.4. The van der Waals surface area contributed by atoms with Gasteiger partial charge in [0.05, 0.1) is 19.2 Å². The van der Waals surface area contributed by atoms with Crippen LogP contribution in [0.2, 0.25) is 0 Å². The monoisotopic (exact) mass is 449 g/mol. The van der Waals surface area contributed by atoms with Crippen molar-refractivity contribution in [2.24, 2.45) is 0 Å². The highest BCUT2D eigenvalue weighted by atomic mass is 19.1. The van der Waals surface area contributed by atoms with Crippen LogP contribution in [0, 0.1) is 12.7 Å². The summed E-state index contributed by atoms with van der Waals surface area (Å²) in [6, 6.07) is 19.0. The van der Waals surface area contributed by atoms with Crippen LogP contribution in [0.4, 0.5) is 10.1 Å². The van der Waals surface area contributed by atoms with E-state index in [-0.39, 0.29) is 18.6 Å². The molecule has 3 aromatic rings. The van der Waals surface area contributed by atoms with Crippen LogP contribution in [0.25, 0.3) is 0 Å². The van der Waals surface area contributed by atoms with Crippen molar-refractivity contribution < 1.29 is 28.2 Å². The third kappa shape index (κ3) is 6.49. The minimum absolute atomic E-state index is 0.126. The number of carbonyl (C=O) groups excluding carboxylic acids is 3. The Morgan fingerprint density at radius 1 is 0.939 bits per heavy atom. The number of halogens is 1. The largest absolute Gasteiger partial charge is 0.495 e. The lowest BCUT2D eigenvalue weighted by molar-refractivity contribution is -0.154. The number of rotatable bonds is 9. The number of ether oxygens (including phenoxy) is 2. The van der Waals surface area contributed by atoms with E-state index >= 15 is 0 Å². The molecular formula is C26H24FNO5. The Kier molecular flexibility index (Phi) is 7.91. The Morgan fingerprint density at radius 2 is 1.64 bits per heavy atom. The molecule has 0 fully saturated rings. The predicted molar refractivity (Wildman–Crippen MR) is 122 cm³/mol. The van der Waals surface area contributed by atoms with Crippen molar-refractivity contribution in [2.75, 3.05) is 12.4 Å². The summed E-state index contributed by atoms with van der Waals surface area (Å²) in [4.78, 5) is 37.9. The number of esters is 1. The fourth-order valence-corrected chi connectivity index (χ4v) is 3.20. The molecule has 0 aliphatic heterocycles. The minimum atomic E-state index is -1.22. The molecule has 0 heterocycles. The zero-order valence-corrected chi connectivity index (χ0v) is 18.3. The van der Waals surface area contributed by atoms with Gasteiger partial charge in [-0.05, 0) is 48.9 Å². The number of hydrogen-bond donors (Lipinski definition) is 1. The van der Waals surface area contributed by atoms with Crippen molar-refractivity contribution in [2.45, 2.75) is 25.9 Å². The summed E-state index contributed by atoms with van der Waals surface area (Å²) < 4.78 is 23.8. The molecule has 0 spiro atoms. The summed E-state index contributed by atoms with van der Waals surface area (Å²) in [6.07, 6.45) is -1.57. The number of hydrogen-bond acceptors (Lipinski definition) is 5. The van der Waals surface area contributed by atoms with E-state index in [9.17, 15) is 18.8 Å². The van der Waals surface area contributed by atoms with Crippen molar-refractivity contribution in [3.8, 4) is 5.75 Å². The van der Waals surface area contributed by atoms with Crippen molar-refractivity contribution in [3.63, 3.8) is 0 Å². The Balaban J connectivity index is 1.71. The van der Waals surface area contributed by atoms with Crippen LogP contribution in [-0.2, 0) is 14.3 Å². The molecule has 7 heteroatoms. The van der Waals surface area contributed by atoms with Gasteiger partial charge in [-0.2, -0.15) is 0 Å². The quantitative estimate of drug-likeness (QED) is 0.366. The number of amides is 1. The highest BCUT2D eigenvalue weighted by Crippen LogP contribution is 2.28. The second-order valence-corrected chi connectivity index (χ2v) is 7.40. The molecule has 0 aromatic heterocycles. The van der Waals surface area contributed by atoms with Gasteiger partial charge in [-0.1, -0.05) is 36.4 Å². The van der Waals surface area contributed by atoms with Gasteiger partial charge in [0.15, 0.2) is 5.78 Å². The topological polar surface area (TPSA) is 81.7 Å². The van der Waals surface area contributed by atoms with Gasteiger partial charge in [0.1, 0.15) is 11.6 Å². The van der Waals surface area contributed by atoms with Crippen LogP contribution in [-0.4, -0.2) is 24.8 Å². The normalized spacial score (nSPS) is 11.4. The lowest BCUT2D eigenvalue weighted by atomic mass is 10.1. The standard InChI is InChI=1S/C26H24FNO5/c1-17-8-14-23(32-2)21(16-17)28-26(31)25(19-6-4-3-5-7-19)33-24(30)15-13-22(29)18-9-11-20(27)12-10-18/h3-12,14,16,25H,13,15H2,1-2H3,(H,28,31)/t25-/m0/s1. The Bertz CT molecular complexity index is 1130. The molecule has 33 heavy (non-hydrogen) atoms. The minimum Gasteiger partial charge on any atom is -0.495 e. The second kappa shape index (κ2) is 11.0. The molecule has 0 radical (unpaired) electrons. The van der Waals surface area contributed by atoms with Crippen LogP contribution in [0.5, 0.6) is 5.75 Å². The van der Waals surface area contributed by atoms with E-state index in [4.69, 9.17) is 9.47 Å². The smallest absolute Gasteiger partial charge is 0.307 e. The molecule has 0 bridgehead atoms. The van der Waals surface area contributed by atoms with Crippen molar-refractivity contribution in [3.05, 3.63) is 95.3 Å². The number of aryl methyl sites for hydroxylation is 1. The average Bonchev–Trinajstić information content (AvgIpc) is 2.82. The van der Waals surface area contributed by atoms with Gasteiger partial charge in [0.2, 0.25) is 6.10 Å². The number of carbonyl (C=O) groups is 3. The van der Waals surface area contributed by atoms with Crippen molar-refractivity contribution in [1.29, 1.82) is 0 Å². The Hall–Kier alpha value is -4.00. The molecular weight excluding hydrogens is 425 g/mol. The van der Waals surface area contributed by atoms with Crippen molar-refractivity contribution >= 4 is 23.3 Å². The molecule has 6 nitrogen and oxygen atoms in total. The maximum atomic E-state index is 13.1. The first-order chi connectivity index (χ1) is 15.9.